The van der Waals surface area contributed by atoms with Crippen LogP contribution >= 0.6 is 0 Å². The first kappa shape index (κ1) is 12.7. The van der Waals surface area contributed by atoms with Gasteiger partial charge in [0.1, 0.15) is 6.61 Å². The molecular formula is C12H23NO2. The Balaban J connectivity index is 2.27. The van der Waals surface area contributed by atoms with Crippen LogP contribution in [0.2, 0.25) is 0 Å². The fourth-order valence-electron chi connectivity index (χ4n) is 2.30. The number of carbonyl (C=O) groups is 1. The van der Waals surface area contributed by atoms with Crippen LogP contribution in [0.3, 0.4) is 0 Å². The highest BCUT2D eigenvalue weighted by molar-refractivity contribution is 5.81. The highest BCUT2D eigenvalue weighted by Crippen LogP contribution is 2.26. The topological polar surface area (TPSA) is 29.5 Å². The molecule has 0 heterocycles. The van der Waals surface area contributed by atoms with Crippen molar-refractivity contribution in [1.82, 2.24) is 4.90 Å². The molecule has 1 fully saturated rings. The van der Waals surface area contributed by atoms with E-state index in [9.17, 15) is 4.79 Å². The van der Waals surface area contributed by atoms with Crippen LogP contribution in [0.25, 0.3) is 0 Å². The van der Waals surface area contributed by atoms with Gasteiger partial charge in [0.15, 0.2) is 5.78 Å². The molecule has 0 saturated heterocycles. The summed E-state index contributed by atoms with van der Waals surface area (Å²) in [5, 5.41) is 0. The molecule has 15 heavy (non-hydrogen) atoms. The lowest BCUT2D eigenvalue weighted by atomic mass is 9.87. The van der Waals surface area contributed by atoms with Gasteiger partial charge in [-0.3, -0.25) is 9.69 Å². The number of carbonyl (C=O) groups excluding carboxylic acids is 1. The van der Waals surface area contributed by atoms with Crippen LogP contribution in [0.4, 0.5) is 0 Å². The van der Waals surface area contributed by atoms with Gasteiger partial charge in [-0.1, -0.05) is 6.92 Å². The summed E-state index contributed by atoms with van der Waals surface area (Å²) < 4.78 is 4.83. The van der Waals surface area contributed by atoms with E-state index < -0.39 is 0 Å². The van der Waals surface area contributed by atoms with Crippen molar-refractivity contribution in [3.63, 3.8) is 0 Å². The number of Topliss-reactive ketones (excluding diaryl/α,β-unsaturated/α-hetero) is 1. The largest absolute Gasteiger partial charge is 0.377 e. The maximum absolute atomic E-state index is 11.4. The van der Waals surface area contributed by atoms with Gasteiger partial charge in [0.2, 0.25) is 0 Å². The number of nitrogens with zero attached hydrogens (tertiary/aromatic N) is 1. The standard InChI is InChI=1S/C12H23NO2/c1-10-4-6-11(7-5-10)13(2)8-12(14)9-15-3/h10-11H,4-9H2,1-3H3. The number of ketones is 1. The molecule has 3 nitrogen and oxygen atoms in total. The molecule has 0 radical (unpaired) electrons. The Morgan fingerprint density at radius 2 is 1.93 bits per heavy atom. The lowest BCUT2D eigenvalue weighted by Gasteiger charge is -2.33. The molecule has 0 unspecified atom stereocenters. The van der Waals surface area contributed by atoms with Crippen LogP contribution in [-0.4, -0.2) is 44.0 Å². The van der Waals surface area contributed by atoms with E-state index in [1.54, 1.807) is 7.11 Å². The van der Waals surface area contributed by atoms with Crippen molar-refractivity contribution in [2.24, 2.45) is 5.92 Å². The third kappa shape index (κ3) is 4.31. The minimum atomic E-state index is 0.179. The predicted octanol–water partition coefficient (Wildman–Crippen LogP) is 1.71. The van der Waals surface area contributed by atoms with E-state index in [2.05, 4.69) is 11.8 Å². The second-order valence-corrected chi connectivity index (χ2v) is 4.80. The van der Waals surface area contributed by atoms with Gasteiger partial charge in [0, 0.05) is 13.2 Å². The van der Waals surface area contributed by atoms with Crippen LogP contribution in [0.15, 0.2) is 0 Å². The smallest absolute Gasteiger partial charge is 0.172 e. The fourth-order valence-corrected chi connectivity index (χ4v) is 2.30. The van der Waals surface area contributed by atoms with Gasteiger partial charge in [0.05, 0.1) is 6.54 Å². The predicted molar refractivity (Wildman–Crippen MR) is 60.9 cm³/mol. The van der Waals surface area contributed by atoms with Gasteiger partial charge in [-0.05, 0) is 38.6 Å². The van der Waals surface area contributed by atoms with E-state index in [1.165, 1.54) is 25.7 Å². The maximum atomic E-state index is 11.4. The van der Waals surface area contributed by atoms with Gasteiger partial charge in [0.25, 0.3) is 0 Å². The van der Waals surface area contributed by atoms with Crippen molar-refractivity contribution >= 4 is 5.78 Å². The van der Waals surface area contributed by atoms with Crippen molar-refractivity contribution in [2.75, 3.05) is 27.3 Å². The molecule has 0 N–H and O–H groups in total. The molecule has 0 aromatic heterocycles. The second-order valence-electron chi connectivity index (χ2n) is 4.80. The zero-order valence-electron chi connectivity index (χ0n) is 10.2. The molecule has 0 bridgehead atoms. The third-order valence-electron chi connectivity index (χ3n) is 3.34. The average Bonchev–Trinajstić information content (AvgIpc) is 2.18. The Bertz CT molecular complexity index is 198. The number of rotatable bonds is 5. The molecule has 1 saturated carbocycles. The lowest BCUT2D eigenvalue weighted by Crippen LogP contribution is -2.39. The molecule has 88 valence electrons. The minimum absolute atomic E-state index is 0.179. The molecule has 1 aliphatic carbocycles. The molecule has 0 aromatic rings. The Hall–Kier alpha value is -0.410. The highest BCUT2D eigenvalue weighted by Gasteiger charge is 2.22. The summed E-state index contributed by atoms with van der Waals surface area (Å²) in [6.07, 6.45) is 5.07. The first-order valence-corrected chi connectivity index (χ1v) is 5.84. The van der Waals surface area contributed by atoms with Crippen molar-refractivity contribution < 1.29 is 9.53 Å². The van der Waals surface area contributed by atoms with Gasteiger partial charge in [-0.15, -0.1) is 0 Å². The molecule has 0 spiro atoms. The van der Waals surface area contributed by atoms with Crippen LogP contribution in [0.1, 0.15) is 32.6 Å². The normalized spacial score (nSPS) is 26.9. The van der Waals surface area contributed by atoms with Crippen molar-refractivity contribution in [3.8, 4) is 0 Å². The van der Waals surface area contributed by atoms with Gasteiger partial charge >= 0.3 is 0 Å². The number of ether oxygens (including phenoxy) is 1. The Morgan fingerprint density at radius 3 is 2.47 bits per heavy atom. The molecule has 0 aromatic carbocycles. The Kier molecular flexibility index (Phi) is 5.26. The summed E-state index contributed by atoms with van der Waals surface area (Å²) in [6, 6.07) is 0.599. The minimum Gasteiger partial charge on any atom is -0.377 e. The van der Waals surface area contributed by atoms with Crippen molar-refractivity contribution in [3.05, 3.63) is 0 Å². The summed E-state index contributed by atoms with van der Waals surface area (Å²) in [5.41, 5.74) is 0. The lowest BCUT2D eigenvalue weighted by molar-refractivity contribution is -0.124. The van der Waals surface area contributed by atoms with E-state index in [-0.39, 0.29) is 12.4 Å². The monoisotopic (exact) mass is 213 g/mol. The molecule has 0 atom stereocenters. The first-order valence-electron chi connectivity index (χ1n) is 5.84. The van der Waals surface area contributed by atoms with E-state index in [1.807, 2.05) is 7.05 Å². The first-order chi connectivity index (χ1) is 7.13. The van der Waals surface area contributed by atoms with Gasteiger partial charge in [-0.2, -0.15) is 0 Å². The Morgan fingerprint density at radius 1 is 1.33 bits per heavy atom. The highest BCUT2D eigenvalue weighted by atomic mass is 16.5. The van der Waals surface area contributed by atoms with Gasteiger partial charge < -0.3 is 4.74 Å². The summed E-state index contributed by atoms with van der Waals surface area (Å²) in [5.74, 6) is 1.04. The number of methoxy groups -OCH3 is 1. The number of hydrogen-bond acceptors (Lipinski definition) is 3. The van der Waals surface area contributed by atoms with E-state index in [4.69, 9.17) is 4.74 Å². The summed E-state index contributed by atoms with van der Waals surface area (Å²) >= 11 is 0. The molecule has 1 aliphatic rings. The van der Waals surface area contributed by atoms with E-state index in [0.29, 0.717) is 12.6 Å². The van der Waals surface area contributed by atoms with Crippen molar-refractivity contribution in [1.29, 1.82) is 0 Å². The zero-order chi connectivity index (χ0) is 11.3. The summed E-state index contributed by atoms with van der Waals surface area (Å²) in [7, 11) is 3.62. The van der Waals surface area contributed by atoms with Gasteiger partial charge in [-0.25, -0.2) is 0 Å². The SMILES string of the molecule is COCC(=O)CN(C)C1CCC(C)CC1. The van der Waals surface area contributed by atoms with E-state index in [0.717, 1.165) is 5.92 Å². The van der Waals surface area contributed by atoms with Crippen LogP contribution in [-0.2, 0) is 9.53 Å². The van der Waals surface area contributed by atoms with E-state index >= 15 is 0 Å². The zero-order valence-corrected chi connectivity index (χ0v) is 10.2. The number of hydrogen-bond donors (Lipinski definition) is 0. The fraction of sp³-hybridized carbons (Fsp3) is 0.917. The summed E-state index contributed by atoms with van der Waals surface area (Å²) in [6.45, 7) is 3.09. The molecule has 0 amide bonds. The van der Waals surface area contributed by atoms with Crippen LogP contribution < -0.4 is 0 Å². The average molecular weight is 213 g/mol. The van der Waals surface area contributed by atoms with Crippen molar-refractivity contribution in [2.45, 2.75) is 38.6 Å². The Labute approximate surface area is 92.8 Å². The number of likely N-dealkylation sites (N-methyl/N-ethyl adjacent to an activating group) is 1. The maximum Gasteiger partial charge on any atom is 0.172 e. The molecule has 0 aliphatic heterocycles. The summed E-state index contributed by atoms with van der Waals surface area (Å²) in [4.78, 5) is 13.6. The second kappa shape index (κ2) is 6.23. The molecular weight excluding hydrogens is 190 g/mol. The van der Waals surface area contributed by atoms with Crippen LogP contribution in [0, 0.1) is 5.92 Å². The van der Waals surface area contributed by atoms with Crippen LogP contribution in [0.5, 0.6) is 0 Å². The quantitative estimate of drug-likeness (QED) is 0.696. The molecule has 1 rings (SSSR count). The molecule has 3 heteroatoms. The third-order valence-corrected chi connectivity index (χ3v) is 3.34.